The Morgan fingerprint density at radius 3 is 1.07 bits per heavy atom. The summed E-state index contributed by atoms with van der Waals surface area (Å²) in [5.41, 5.74) is 24.1. The molecule has 0 unspecified atom stereocenters. The number of hydrogen-bond donors (Lipinski definition) is 4. The summed E-state index contributed by atoms with van der Waals surface area (Å²) in [5, 5.41) is 0. The Hall–Kier alpha value is -5.31. The summed E-state index contributed by atoms with van der Waals surface area (Å²) in [6.07, 6.45) is -4.43. The van der Waals surface area contributed by atoms with Gasteiger partial charge in [-0.3, -0.25) is 0 Å². The van der Waals surface area contributed by atoms with Crippen molar-refractivity contribution in [3.8, 4) is 34.1 Å². The molecule has 0 aliphatic rings. The van der Waals surface area contributed by atoms with E-state index in [4.69, 9.17) is 32.4 Å². The smallest absolute Gasteiger partial charge is 0.418 e. The molecule has 9 heteroatoms. The molecule has 0 spiro atoms. The van der Waals surface area contributed by atoms with E-state index in [9.17, 15) is 13.2 Å². The average Bonchev–Trinajstić information content (AvgIpc) is 2.93. The molecule has 0 saturated carbocycles. The van der Waals surface area contributed by atoms with Crippen LogP contribution >= 0.6 is 0 Å². The third-order valence-electron chi connectivity index (χ3n) is 5.66. The maximum absolute atomic E-state index is 12.1. The van der Waals surface area contributed by atoms with E-state index >= 15 is 0 Å². The first kappa shape index (κ1) is 27.7. The first-order valence-electron chi connectivity index (χ1n) is 12.1. The van der Waals surface area contributed by atoms with E-state index in [1.54, 1.807) is 0 Å². The molecular weight excluding hydrogens is 517 g/mol. The molecule has 0 radical (unpaired) electrons. The van der Waals surface area contributed by atoms with Crippen LogP contribution in [0.25, 0.3) is 11.1 Å². The van der Waals surface area contributed by atoms with Crippen molar-refractivity contribution < 1.29 is 22.6 Å². The monoisotopic (exact) mass is 544 g/mol. The van der Waals surface area contributed by atoms with Crippen molar-refractivity contribution in [3.05, 3.63) is 121 Å². The number of hydrogen-bond acceptors (Lipinski definition) is 6. The van der Waals surface area contributed by atoms with E-state index in [0.29, 0.717) is 11.4 Å². The van der Waals surface area contributed by atoms with Crippen LogP contribution in [0.1, 0.15) is 5.56 Å². The van der Waals surface area contributed by atoms with Crippen LogP contribution in [0.2, 0.25) is 0 Å². The Bertz CT molecular complexity index is 1450. The lowest BCUT2D eigenvalue weighted by Crippen LogP contribution is -2.09. The molecule has 0 aliphatic carbocycles. The van der Waals surface area contributed by atoms with E-state index in [0.717, 1.165) is 46.3 Å². The van der Waals surface area contributed by atoms with Crippen molar-refractivity contribution in [3.63, 3.8) is 0 Å². The zero-order valence-corrected chi connectivity index (χ0v) is 21.2. The number of rotatable bonds is 5. The molecule has 0 heterocycles. The number of nitrogens with two attached hydrogens (primary N) is 4. The molecule has 0 fully saturated rings. The highest BCUT2D eigenvalue weighted by Gasteiger charge is 2.32. The van der Waals surface area contributed by atoms with Crippen molar-refractivity contribution in [2.75, 3.05) is 22.9 Å². The van der Waals surface area contributed by atoms with Crippen molar-refractivity contribution >= 4 is 22.7 Å². The van der Waals surface area contributed by atoms with Gasteiger partial charge in [0.05, 0.1) is 5.56 Å². The molecule has 5 aromatic carbocycles. The van der Waals surface area contributed by atoms with Crippen LogP contribution < -0.4 is 32.4 Å². The van der Waals surface area contributed by atoms with Crippen molar-refractivity contribution in [2.24, 2.45) is 0 Å². The molecule has 0 aromatic heterocycles. The lowest BCUT2D eigenvalue weighted by molar-refractivity contribution is -0.136. The summed E-state index contributed by atoms with van der Waals surface area (Å²) >= 11 is 0. The Morgan fingerprint density at radius 1 is 0.425 bits per heavy atom. The molecule has 8 N–H and O–H groups in total. The molecule has 5 rings (SSSR count). The van der Waals surface area contributed by atoms with E-state index in [-0.39, 0.29) is 11.4 Å². The standard InChI is InChI=1S/C24H20N2O2.C7H7F3N2/c25-19-5-13-23(14-6-19)27-21-9-1-17(2-10-21)18-3-11-22(12-4-18)28-24-15-7-20(26)8-16-24;8-7(9,10)5-3-4(11)1-2-6(5)12/h1-16H,25-26H2;1-3H,11-12H2. The summed E-state index contributed by atoms with van der Waals surface area (Å²) in [6, 6.07) is 33.9. The van der Waals surface area contributed by atoms with E-state index in [1.807, 2.05) is 97.1 Å². The van der Waals surface area contributed by atoms with E-state index in [2.05, 4.69) is 0 Å². The van der Waals surface area contributed by atoms with Gasteiger partial charge in [-0.1, -0.05) is 24.3 Å². The summed E-state index contributed by atoms with van der Waals surface area (Å²) in [4.78, 5) is 0. The minimum atomic E-state index is -4.43. The van der Waals surface area contributed by atoms with Gasteiger partial charge in [-0.05, 0) is 102 Å². The fourth-order valence-corrected chi connectivity index (χ4v) is 3.59. The van der Waals surface area contributed by atoms with Gasteiger partial charge in [-0.15, -0.1) is 0 Å². The first-order chi connectivity index (χ1) is 19.1. The molecule has 5 aromatic rings. The third kappa shape index (κ3) is 7.61. The highest BCUT2D eigenvalue weighted by Crippen LogP contribution is 2.34. The molecule has 0 saturated heterocycles. The minimum Gasteiger partial charge on any atom is -0.457 e. The number of alkyl halides is 3. The Balaban J connectivity index is 0.000000259. The van der Waals surface area contributed by atoms with Crippen LogP contribution in [0.15, 0.2) is 115 Å². The summed E-state index contributed by atoms with van der Waals surface area (Å²) < 4.78 is 47.9. The van der Waals surface area contributed by atoms with Crippen molar-refractivity contribution in [2.45, 2.75) is 6.18 Å². The second kappa shape index (κ2) is 12.0. The Labute approximate surface area is 229 Å². The maximum Gasteiger partial charge on any atom is 0.418 e. The Kier molecular flexibility index (Phi) is 8.34. The number of nitrogen functional groups attached to an aromatic ring is 4. The highest BCUT2D eigenvalue weighted by atomic mass is 19.4. The second-order valence-electron chi connectivity index (χ2n) is 8.74. The molecule has 0 bridgehead atoms. The zero-order valence-electron chi connectivity index (χ0n) is 21.2. The number of ether oxygens (including phenoxy) is 2. The third-order valence-corrected chi connectivity index (χ3v) is 5.66. The van der Waals surface area contributed by atoms with Crippen LogP contribution in [0.3, 0.4) is 0 Å². The molecular formula is C31H27F3N4O2. The Morgan fingerprint density at radius 2 is 0.750 bits per heavy atom. The highest BCUT2D eigenvalue weighted by molar-refractivity contribution is 5.65. The number of benzene rings is 5. The fraction of sp³-hybridized carbons (Fsp3) is 0.0323. The number of anilines is 4. The van der Waals surface area contributed by atoms with E-state index in [1.165, 1.54) is 6.07 Å². The molecule has 0 amide bonds. The zero-order chi connectivity index (χ0) is 28.7. The van der Waals surface area contributed by atoms with Crippen LogP contribution in [-0.2, 0) is 6.18 Å². The van der Waals surface area contributed by atoms with Gasteiger partial charge in [0.2, 0.25) is 0 Å². The SMILES string of the molecule is Nc1ccc(N)c(C(F)(F)F)c1.Nc1ccc(Oc2ccc(-c3ccc(Oc4ccc(N)cc4)cc3)cc2)cc1. The van der Waals surface area contributed by atoms with Gasteiger partial charge in [0.15, 0.2) is 0 Å². The predicted molar refractivity (Wildman–Crippen MR) is 154 cm³/mol. The molecule has 6 nitrogen and oxygen atoms in total. The summed E-state index contributed by atoms with van der Waals surface area (Å²) in [7, 11) is 0. The van der Waals surface area contributed by atoms with Crippen LogP contribution in [0.5, 0.6) is 23.0 Å². The van der Waals surface area contributed by atoms with Gasteiger partial charge in [0.25, 0.3) is 0 Å². The summed E-state index contributed by atoms with van der Waals surface area (Å²) in [5.74, 6) is 3.06. The molecule has 204 valence electrons. The second-order valence-corrected chi connectivity index (χ2v) is 8.74. The number of halogens is 3. The quantitative estimate of drug-likeness (QED) is 0.166. The van der Waals surface area contributed by atoms with Gasteiger partial charge in [-0.2, -0.15) is 13.2 Å². The van der Waals surface area contributed by atoms with Gasteiger partial charge in [0, 0.05) is 22.7 Å². The predicted octanol–water partition coefficient (Wildman–Crippen LogP) is 7.97. The lowest BCUT2D eigenvalue weighted by atomic mass is 10.1. The van der Waals surface area contributed by atoms with Crippen LogP contribution in [0, 0.1) is 0 Å². The maximum atomic E-state index is 12.1. The van der Waals surface area contributed by atoms with Gasteiger partial charge in [0.1, 0.15) is 23.0 Å². The van der Waals surface area contributed by atoms with Crippen molar-refractivity contribution in [1.82, 2.24) is 0 Å². The van der Waals surface area contributed by atoms with Gasteiger partial charge in [-0.25, -0.2) is 0 Å². The topological polar surface area (TPSA) is 123 Å². The average molecular weight is 545 g/mol. The minimum absolute atomic E-state index is 0.0523. The van der Waals surface area contributed by atoms with Gasteiger partial charge < -0.3 is 32.4 Å². The molecule has 0 aliphatic heterocycles. The fourth-order valence-electron chi connectivity index (χ4n) is 3.59. The summed E-state index contributed by atoms with van der Waals surface area (Å²) in [6.45, 7) is 0. The van der Waals surface area contributed by atoms with Gasteiger partial charge >= 0.3 is 6.18 Å². The largest absolute Gasteiger partial charge is 0.457 e. The van der Waals surface area contributed by atoms with Crippen LogP contribution in [-0.4, -0.2) is 0 Å². The first-order valence-corrected chi connectivity index (χ1v) is 12.1. The molecule has 0 atom stereocenters. The van der Waals surface area contributed by atoms with Crippen LogP contribution in [0.4, 0.5) is 35.9 Å². The normalized spacial score (nSPS) is 10.8. The molecule has 40 heavy (non-hydrogen) atoms. The lowest BCUT2D eigenvalue weighted by Gasteiger charge is -2.09. The van der Waals surface area contributed by atoms with E-state index < -0.39 is 11.7 Å². The van der Waals surface area contributed by atoms with Crippen molar-refractivity contribution in [1.29, 1.82) is 0 Å².